The predicted molar refractivity (Wildman–Crippen MR) is 220 cm³/mol. The summed E-state index contributed by atoms with van der Waals surface area (Å²) in [5.41, 5.74) is 3.60. The van der Waals surface area contributed by atoms with Crippen molar-refractivity contribution in [2.45, 2.75) is 163 Å². The molecule has 0 radical (unpaired) electrons. The van der Waals surface area contributed by atoms with E-state index in [-0.39, 0.29) is 41.4 Å². The Kier molecular flexibility index (Phi) is 32.1. The Labute approximate surface area is 311 Å². The first-order chi connectivity index (χ1) is 21.9. The van der Waals surface area contributed by atoms with E-state index in [2.05, 4.69) is 58.9 Å². The molecule has 3 aliphatic rings. The monoisotopic (exact) mass is 697 g/mol. The molecule has 0 amide bonds. The third-order valence-electron chi connectivity index (χ3n) is 9.75. The van der Waals surface area contributed by atoms with E-state index in [0.717, 1.165) is 61.8 Å². The summed E-state index contributed by atoms with van der Waals surface area (Å²) in [7, 11) is 0. The lowest BCUT2D eigenvalue weighted by Crippen LogP contribution is -2.30. The second-order valence-electron chi connectivity index (χ2n) is 13.5. The van der Waals surface area contributed by atoms with Gasteiger partial charge in [-0.15, -0.1) is 0 Å². The van der Waals surface area contributed by atoms with Gasteiger partial charge in [-0.05, 0) is 101 Å². The topological polar surface area (TPSA) is 68.3 Å². The molecular weight excluding hydrogens is 617 g/mol. The van der Waals surface area contributed by atoms with Crippen LogP contribution in [0.5, 0.6) is 0 Å². The van der Waals surface area contributed by atoms with Crippen LogP contribution in [0.4, 0.5) is 0 Å². The molecule has 4 heteroatoms. The summed E-state index contributed by atoms with van der Waals surface area (Å²) in [5.74, 6) is 4.88. The van der Waals surface area contributed by atoms with Crippen LogP contribution in [-0.2, 0) is 27.2 Å². The summed E-state index contributed by atoms with van der Waals surface area (Å²) in [5, 5.41) is 0. The highest BCUT2D eigenvalue weighted by atomic mass is 16.1. The fourth-order valence-corrected chi connectivity index (χ4v) is 7.42. The van der Waals surface area contributed by atoms with Crippen molar-refractivity contribution in [2.75, 3.05) is 0 Å². The Morgan fingerprint density at radius 3 is 1.50 bits per heavy atom. The summed E-state index contributed by atoms with van der Waals surface area (Å²) in [6, 6.07) is 17.8. The minimum absolute atomic E-state index is 0. The molecule has 2 aromatic rings. The number of carbonyl (C=O) groups excluding carboxylic acids is 4. The third kappa shape index (κ3) is 18.4. The molecule has 4 nitrogen and oxygen atoms in total. The summed E-state index contributed by atoms with van der Waals surface area (Å²) in [6.07, 6.45) is 12.6. The fraction of sp³-hybridized carbons (Fsp3) is 0.652. The van der Waals surface area contributed by atoms with Gasteiger partial charge < -0.3 is 4.79 Å². The number of ketones is 4. The van der Waals surface area contributed by atoms with Crippen molar-refractivity contribution in [1.29, 1.82) is 0 Å². The minimum Gasteiger partial charge on any atom is -0.300 e. The zero-order valence-corrected chi connectivity index (χ0v) is 30.6. The molecule has 0 N–H and O–H groups in total. The number of benzene rings is 2. The van der Waals surface area contributed by atoms with Crippen LogP contribution in [0.2, 0.25) is 0 Å². The standard InChI is InChI=1S/C14H18O.C11H18O.C8H8O.C6H12O.C3H8.4CH4/c1-3-11-8-12-6-4-5-7-13(12)9-14(11)10(2)15;1-3-10-8-4-5-9(6-8)11(10)7(2)12;1-7(9)8-5-3-2-4-6-8;1-3-4-5-6(2)7;1-3-2;;;;/h4-7,11,14H,3,8-9H2,1-2H3;8-11H,3-6H2,1-2H3;2-6H,1H3;3-5H2,1-2H3;3H2,1-2H3;4*1H4. The Bertz CT molecular complexity index is 1180. The van der Waals surface area contributed by atoms with Crippen molar-refractivity contribution >= 4 is 23.1 Å². The van der Waals surface area contributed by atoms with Gasteiger partial charge in [0, 0.05) is 23.8 Å². The van der Waals surface area contributed by atoms with E-state index in [0.29, 0.717) is 29.2 Å². The lowest BCUT2D eigenvalue weighted by molar-refractivity contribution is -0.124. The molecule has 2 aromatic carbocycles. The highest BCUT2D eigenvalue weighted by Crippen LogP contribution is 2.53. The first-order valence-corrected chi connectivity index (χ1v) is 18.1. The van der Waals surface area contributed by atoms with Gasteiger partial charge in [0.15, 0.2) is 5.78 Å². The second kappa shape index (κ2) is 29.8. The fourth-order valence-electron chi connectivity index (χ4n) is 7.42. The van der Waals surface area contributed by atoms with Gasteiger partial charge >= 0.3 is 0 Å². The van der Waals surface area contributed by atoms with E-state index in [4.69, 9.17) is 0 Å². The van der Waals surface area contributed by atoms with Gasteiger partial charge in [0.25, 0.3) is 0 Å². The van der Waals surface area contributed by atoms with Crippen LogP contribution >= 0.6 is 0 Å². The van der Waals surface area contributed by atoms with Gasteiger partial charge in [0.1, 0.15) is 17.3 Å². The summed E-state index contributed by atoms with van der Waals surface area (Å²) >= 11 is 0. The van der Waals surface area contributed by atoms with E-state index >= 15 is 0 Å². The molecule has 288 valence electrons. The Morgan fingerprint density at radius 2 is 1.14 bits per heavy atom. The number of hydrogen-bond donors (Lipinski definition) is 0. The molecule has 0 aliphatic heterocycles. The molecule has 2 saturated carbocycles. The molecule has 0 spiro atoms. The third-order valence-corrected chi connectivity index (χ3v) is 9.75. The zero-order valence-electron chi connectivity index (χ0n) is 30.6. The first-order valence-electron chi connectivity index (χ1n) is 18.1. The molecule has 5 rings (SSSR count). The van der Waals surface area contributed by atoms with Crippen LogP contribution in [0.25, 0.3) is 0 Å². The molecule has 0 saturated heterocycles. The highest BCUT2D eigenvalue weighted by Gasteiger charge is 2.48. The molecule has 6 unspecified atom stereocenters. The van der Waals surface area contributed by atoms with Gasteiger partial charge in [-0.2, -0.15) is 0 Å². The van der Waals surface area contributed by atoms with Gasteiger partial charge in [-0.3, -0.25) is 14.4 Å². The van der Waals surface area contributed by atoms with E-state index in [1.54, 1.807) is 27.7 Å². The van der Waals surface area contributed by atoms with Gasteiger partial charge in [0.05, 0.1) is 0 Å². The molecule has 2 bridgehead atoms. The lowest BCUT2D eigenvalue weighted by atomic mass is 9.73. The first kappa shape index (κ1) is 53.9. The normalized spacial score (nSPS) is 21.5. The summed E-state index contributed by atoms with van der Waals surface area (Å²) < 4.78 is 0. The average molecular weight is 697 g/mol. The quantitative estimate of drug-likeness (QED) is 0.258. The number of rotatable bonds is 8. The van der Waals surface area contributed by atoms with Crippen LogP contribution in [0.3, 0.4) is 0 Å². The van der Waals surface area contributed by atoms with E-state index < -0.39 is 0 Å². The molecule has 3 aliphatic carbocycles. The average Bonchev–Trinajstić information content (AvgIpc) is 3.67. The molecule has 2 fully saturated rings. The predicted octanol–water partition coefficient (Wildman–Crippen LogP) is 13.3. The van der Waals surface area contributed by atoms with E-state index in [1.165, 1.54) is 43.2 Å². The van der Waals surface area contributed by atoms with Crippen molar-refractivity contribution < 1.29 is 19.2 Å². The van der Waals surface area contributed by atoms with Crippen LogP contribution in [-0.4, -0.2) is 23.1 Å². The Hall–Kier alpha value is -2.88. The Morgan fingerprint density at radius 1 is 0.640 bits per heavy atom. The molecule has 0 heterocycles. The summed E-state index contributed by atoms with van der Waals surface area (Å²) in [4.78, 5) is 43.8. The molecule has 6 atom stereocenters. The van der Waals surface area contributed by atoms with Gasteiger partial charge in [-0.25, -0.2) is 0 Å². The number of fused-ring (bicyclic) bond motifs is 3. The second-order valence-corrected chi connectivity index (χ2v) is 13.5. The molecule has 50 heavy (non-hydrogen) atoms. The maximum atomic E-state index is 11.6. The number of carbonyl (C=O) groups is 4. The maximum absolute atomic E-state index is 11.6. The lowest BCUT2D eigenvalue weighted by Gasteiger charge is -2.30. The van der Waals surface area contributed by atoms with Crippen molar-refractivity contribution in [3.8, 4) is 0 Å². The zero-order chi connectivity index (χ0) is 34.6. The van der Waals surface area contributed by atoms with E-state index in [9.17, 15) is 19.2 Å². The number of hydrogen-bond acceptors (Lipinski definition) is 4. The highest BCUT2D eigenvalue weighted by molar-refractivity contribution is 5.93. The van der Waals surface area contributed by atoms with Crippen LogP contribution in [0.15, 0.2) is 54.6 Å². The number of unbranched alkanes of at least 4 members (excludes halogenated alkanes) is 1. The molecular formula is C46H80O4. The van der Waals surface area contributed by atoms with Gasteiger partial charge in [0.2, 0.25) is 0 Å². The van der Waals surface area contributed by atoms with Crippen LogP contribution < -0.4 is 0 Å². The largest absolute Gasteiger partial charge is 0.300 e. The van der Waals surface area contributed by atoms with Crippen molar-refractivity contribution in [2.24, 2.45) is 35.5 Å². The van der Waals surface area contributed by atoms with Gasteiger partial charge in [-0.1, -0.05) is 145 Å². The van der Waals surface area contributed by atoms with E-state index in [1.807, 2.05) is 30.3 Å². The van der Waals surface area contributed by atoms with Crippen molar-refractivity contribution in [3.05, 3.63) is 71.3 Å². The molecule has 0 aromatic heterocycles. The maximum Gasteiger partial charge on any atom is 0.159 e. The number of Topliss-reactive ketones (excluding diaryl/α,β-unsaturated/α-hetero) is 4. The minimum atomic E-state index is 0. The van der Waals surface area contributed by atoms with Crippen LogP contribution in [0.1, 0.15) is 171 Å². The smallest absolute Gasteiger partial charge is 0.159 e. The Balaban J connectivity index is -0.000000276. The SMILES string of the molecule is C.C.C.C.CC(=O)c1ccccc1.CCC.CCC1C2CCC(C2)C1C(C)=O.CCC1Cc2ccccc2CC1C(C)=O.CCCCC(C)=O. The van der Waals surface area contributed by atoms with Crippen molar-refractivity contribution in [1.82, 2.24) is 0 Å². The van der Waals surface area contributed by atoms with Crippen molar-refractivity contribution in [3.63, 3.8) is 0 Å². The summed E-state index contributed by atoms with van der Waals surface area (Å²) in [6.45, 7) is 17.5. The van der Waals surface area contributed by atoms with Crippen LogP contribution in [0, 0.1) is 35.5 Å².